The molecule has 1 amide bonds. The van der Waals surface area contributed by atoms with Crippen LogP contribution >= 0.6 is 11.6 Å². The Bertz CT molecular complexity index is 843. The molecule has 0 aliphatic heterocycles. The van der Waals surface area contributed by atoms with E-state index in [-0.39, 0.29) is 22.9 Å². The fourth-order valence-corrected chi connectivity index (χ4v) is 3.83. The van der Waals surface area contributed by atoms with E-state index in [1.807, 2.05) is 31.1 Å². The molecule has 0 bridgehead atoms. The summed E-state index contributed by atoms with van der Waals surface area (Å²) in [5.74, 6) is -0.484. The van der Waals surface area contributed by atoms with Crippen LogP contribution in [0.4, 0.5) is 4.39 Å². The molecular formula is C22H27ClFN3O2. The zero-order valence-electron chi connectivity index (χ0n) is 16.7. The fraction of sp³-hybridized carbons (Fsp3) is 0.455. The van der Waals surface area contributed by atoms with E-state index in [2.05, 4.69) is 10.3 Å². The summed E-state index contributed by atoms with van der Waals surface area (Å²) < 4.78 is 13.9. The highest BCUT2D eigenvalue weighted by Gasteiger charge is 2.33. The number of carbonyl (C=O) groups excluding carboxylic acids is 1. The molecule has 1 aromatic heterocycles. The minimum absolute atomic E-state index is 0.00791. The van der Waals surface area contributed by atoms with Crippen molar-refractivity contribution in [3.63, 3.8) is 0 Å². The molecule has 3 rings (SSSR count). The van der Waals surface area contributed by atoms with Crippen molar-refractivity contribution in [1.82, 2.24) is 15.2 Å². The van der Waals surface area contributed by atoms with Crippen LogP contribution in [0.3, 0.4) is 0 Å². The Labute approximate surface area is 175 Å². The first-order valence-electron chi connectivity index (χ1n) is 9.85. The van der Waals surface area contributed by atoms with Crippen molar-refractivity contribution in [2.45, 2.75) is 37.6 Å². The van der Waals surface area contributed by atoms with Gasteiger partial charge in [0.05, 0.1) is 5.02 Å². The lowest BCUT2D eigenvalue weighted by Crippen LogP contribution is -2.42. The number of pyridine rings is 1. The van der Waals surface area contributed by atoms with E-state index in [0.29, 0.717) is 30.9 Å². The summed E-state index contributed by atoms with van der Waals surface area (Å²) in [6, 6.07) is 6.84. The van der Waals surface area contributed by atoms with Crippen molar-refractivity contribution < 1.29 is 14.3 Å². The summed E-state index contributed by atoms with van der Waals surface area (Å²) in [6.45, 7) is 0.429. The van der Waals surface area contributed by atoms with Crippen molar-refractivity contribution >= 4 is 17.5 Å². The standard InChI is InChI=1S/C22H27ClFN3O2/c1-27(2)17(11-16-5-6-19(28)22(24)21(16)23)13-26-20(29)12-18(14-3-4-14)15-7-9-25-10-8-15/h5-10,14,17-18,28H,3-4,11-13H2,1-2H3,(H,26,29)/t17-,18+/m0/s1. The second-order valence-electron chi connectivity index (χ2n) is 7.93. The molecule has 0 unspecified atom stereocenters. The molecule has 0 saturated heterocycles. The number of benzene rings is 1. The first-order valence-corrected chi connectivity index (χ1v) is 10.2. The maximum absolute atomic E-state index is 13.9. The summed E-state index contributed by atoms with van der Waals surface area (Å²) in [5.41, 5.74) is 1.76. The molecule has 29 heavy (non-hydrogen) atoms. The summed E-state index contributed by atoms with van der Waals surface area (Å²) in [7, 11) is 3.82. The summed E-state index contributed by atoms with van der Waals surface area (Å²) in [5, 5.41) is 12.4. The number of nitrogens with zero attached hydrogens (tertiary/aromatic N) is 2. The Morgan fingerprint density at radius 2 is 2.00 bits per heavy atom. The molecule has 1 saturated carbocycles. The Balaban J connectivity index is 1.60. The monoisotopic (exact) mass is 419 g/mol. The quantitative estimate of drug-likeness (QED) is 0.649. The first-order chi connectivity index (χ1) is 13.9. The van der Waals surface area contributed by atoms with Crippen LogP contribution in [0.2, 0.25) is 5.02 Å². The van der Waals surface area contributed by atoms with E-state index in [1.54, 1.807) is 18.5 Å². The number of halogens is 2. The number of rotatable bonds is 9. The lowest BCUT2D eigenvalue weighted by molar-refractivity contribution is -0.121. The number of likely N-dealkylation sites (N-methyl/N-ethyl adjacent to an activating group) is 1. The van der Waals surface area contributed by atoms with Gasteiger partial charge >= 0.3 is 0 Å². The normalized spacial score (nSPS) is 15.9. The Kier molecular flexibility index (Phi) is 7.09. The van der Waals surface area contributed by atoms with Gasteiger partial charge in [-0.15, -0.1) is 0 Å². The third kappa shape index (κ3) is 5.67. The van der Waals surface area contributed by atoms with Crippen molar-refractivity contribution in [2.24, 2.45) is 5.92 Å². The Hall–Kier alpha value is -2.18. The van der Waals surface area contributed by atoms with E-state index in [1.165, 1.54) is 6.07 Å². The molecule has 2 aromatic rings. The van der Waals surface area contributed by atoms with Gasteiger partial charge in [-0.2, -0.15) is 0 Å². The van der Waals surface area contributed by atoms with Crippen LogP contribution in [0.5, 0.6) is 5.75 Å². The largest absolute Gasteiger partial charge is 0.505 e. The van der Waals surface area contributed by atoms with Gasteiger partial charge in [-0.25, -0.2) is 4.39 Å². The minimum atomic E-state index is -0.810. The lowest BCUT2D eigenvalue weighted by Gasteiger charge is -2.26. The van der Waals surface area contributed by atoms with Crippen LogP contribution in [-0.4, -0.2) is 47.6 Å². The summed E-state index contributed by atoms with van der Waals surface area (Å²) in [6.07, 6.45) is 6.76. The van der Waals surface area contributed by atoms with Gasteiger partial charge in [0.25, 0.3) is 0 Å². The second kappa shape index (κ2) is 9.55. The lowest BCUT2D eigenvalue weighted by atomic mass is 9.91. The van der Waals surface area contributed by atoms with Gasteiger partial charge in [-0.05, 0) is 74.5 Å². The van der Waals surface area contributed by atoms with E-state index in [9.17, 15) is 14.3 Å². The van der Waals surface area contributed by atoms with Gasteiger partial charge < -0.3 is 15.3 Å². The van der Waals surface area contributed by atoms with Crippen LogP contribution in [-0.2, 0) is 11.2 Å². The Morgan fingerprint density at radius 3 is 2.62 bits per heavy atom. The highest BCUT2D eigenvalue weighted by molar-refractivity contribution is 6.31. The highest BCUT2D eigenvalue weighted by Crippen LogP contribution is 2.44. The number of aromatic hydroxyl groups is 1. The van der Waals surface area contributed by atoms with Crippen molar-refractivity contribution in [3.05, 3.63) is 58.6 Å². The van der Waals surface area contributed by atoms with Crippen LogP contribution in [0.1, 0.15) is 36.3 Å². The molecule has 1 fully saturated rings. The van der Waals surface area contributed by atoms with Crippen LogP contribution in [0.25, 0.3) is 0 Å². The molecule has 0 radical (unpaired) electrons. The molecule has 2 N–H and O–H groups in total. The number of aromatic nitrogens is 1. The number of nitrogens with one attached hydrogen (secondary N) is 1. The van der Waals surface area contributed by atoms with Gasteiger partial charge in [0.1, 0.15) is 0 Å². The summed E-state index contributed by atoms with van der Waals surface area (Å²) >= 11 is 6.04. The van der Waals surface area contributed by atoms with E-state index in [4.69, 9.17) is 11.6 Å². The van der Waals surface area contributed by atoms with Gasteiger partial charge in [0, 0.05) is 31.4 Å². The second-order valence-corrected chi connectivity index (χ2v) is 8.30. The molecule has 5 nitrogen and oxygen atoms in total. The average Bonchev–Trinajstić information content (AvgIpc) is 3.54. The van der Waals surface area contributed by atoms with E-state index < -0.39 is 11.6 Å². The first kappa shape index (κ1) is 21.5. The molecular weight excluding hydrogens is 393 g/mol. The van der Waals surface area contributed by atoms with E-state index in [0.717, 1.165) is 18.4 Å². The average molecular weight is 420 g/mol. The zero-order chi connectivity index (χ0) is 21.0. The van der Waals surface area contributed by atoms with Crippen molar-refractivity contribution in [1.29, 1.82) is 0 Å². The molecule has 1 aliphatic carbocycles. The predicted molar refractivity (Wildman–Crippen MR) is 112 cm³/mol. The van der Waals surface area contributed by atoms with E-state index >= 15 is 0 Å². The maximum atomic E-state index is 13.9. The number of phenolic OH excluding ortho intramolecular Hbond substituents is 1. The topological polar surface area (TPSA) is 65.5 Å². The zero-order valence-corrected chi connectivity index (χ0v) is 17.5. The van der Waals surface area contributed by atoms with Gasteiger partial charge in [-0.3, -0.25) is 9.78 Å². The summed E-state index contributed by atoms with van der Waals surface area (Å²) in [4.78, 5) is 18.7. The van der Waals surface area contributed by atoms with Gasteiger partial charge in [0.15, 0.2) is 11.6 Å². The number of hydrogen-bond acceptors (Lipinski definition) is 4. The predicted octanol–water partition coefficient (Wildman–Crippen LogP) is 3.75. The third-order valence-corrected chi connectivity index (χ3v) is 6.00. The van der Waals surface area contributed by atoms with Crippen molar-refractivity contribution in [3.8, 4) is 5.75 Å². The molecule has 7 heteroatoms. The molecule has 1 aliphatic rings. The van der Waals surface area contributed by atoms with Crippen LogP contribution in [0.15, 0.2) is 36.7 Å². The van der Waals surface area contributed by atoms with Crippen molar-refractivity contribution in [2.75, 3.05) is 20.6 Å². The molecule has 1 heterocycles. The Morgan fingerprint density at radius 1 is 1.31 bits per heavy atom. The fourth-order valence-electron chi connectivity index (χ4n) is 3.60. The molecule has 2 atom stereocenters. The molecule has 1 aromatic carbocycles. The van der Waals surface area contributed by atoms with Crippen LogP contribution < -0.4 is 5.32 Å². The molecule has 156 valence electrons. The molecule has 0 spiro atoms. The van der Waals surface area contributed by atoms with Gasteiger partial charge in [-0.1, -0.05) is 17.7 Å². The highest BCUT2D eigenvalue weighted by atomic mass is 35.5. The number of carbonyl (C=O) groups is 1. The van der Waals surface area contributed by atoms with Crippen LogP contribution in [0, 0.1) is 11.7 Å². The third-order valence-electron chi connectivity index (χ3n) is 5.59. The maximum Gasteiger partial charge on any atom is 0.220 e. The minimum Gasteiger partial charge on any atom is -0.505 e. The number of amides is 1. The van der Waals surface area contributed by atoms with Gasteiger partial charge in [0.2, 0.25) is 5.91 Å². The number of hydrogen-bond donors (Lipinski definition) is 2. The smallest absolute Gasteiger partial charge is 0.220 e. The number of phenols is 1. The SMILES string of the molecule is CN(C)[C@H](CNC(=O)C[C@@H](c1ccncc1)C1CC1)Cc1ccc(O)c(F)c1Cl.